The molecule has 0 bridgehead atoms. The van der Waals surface area contributed by atoms with Gasteiger partial charge in [0.15, 0.2) is 0 Å². The maximum Gasteiger partial charge on any atom is 0.0717 e. The molecule has 0 saturated carbocycles. The fraction of sp³-hybridized carbons (Fsp3) is 0.200. The van der Waals surface area contributed by atoms with Gasteiger partial charge in [-0.05, 0) is 29.8 Å². The Bertz CT molecular complexity index is 456. The van der Waals surface area contributed by atoms with Crippen LogP contribution in [0.4, 0.5) is 0 Å². The van der Waals surface area contributed by atoms with Crippen LogP contribution < -0.4 is 0 Å². The molecule has 0 spiro atoms. The molecule has 0 aliphatic rings. The fourth-order valence-electron chi connectivity index (χ4n) is 1.51. The van der Waals surface area contributed by atoms with Crippen molar-refractivity contribution in [2.45, 2.75) is 11.5 Å². The van der Waals surface area contributed by atoms with Gasteiger partial charge in [-0.15, -0.1) is 11.8 Å². The molecule has 0 unspecified atom stereocenters. The Morgan fingerprint density at radius 1 is 0.944 bits per heavy atom. The van der Waals surface area contributed by atoms with Crippen molar-refractivity contribution < 1.29 is 4.74 Å². The van der Waals surface area contributed by atoms with E-state index >= 15 is 0 Å². The number of halogens is 1. The summed E-state index contributed by atoms with van der Waals surface area (Å²) in [5, 5.41) is 0.762. The predicted molar refractivity (Wildman–Crippen MR) is 78.3 cm³/mol. The zero-order valence-corrected chi connectivity index (χ0v) is 11.6. The Hall–Kier alpha value is -0.960. The summed E-state index contributed by atoms with van der Waals surface area (Å²) < 4.78 is 5.62. The quantitative estimate of drug-likeness (QED) is 0.562. The smallest absolute Gasteiger partial charge is 0.0717 e. The Morgan fingerprint density at radius 2 is 1.67 bits per heavy atom. The number of benzene rings is 2. The molecule has 0 N–H and O–H groups in total. The van der Waals surface area contributed by atoms with E-state index in [1.807, 2.05) is 42.1 Å². The first kappa shape index (κ1) is 13.5. The van der Waals surface area contributed by atoms with Gasteiger partial charge in [-0.3, -0.25) is 0 Å². The molecule has 0 heterocycles. The number of hydrogen-bond acceptors (Lipinski definition) is 2. The zero-order valence-electron chi connectivity index (χ0n) is 10.0. The van der Waals surface area contributed by atoms with Crippen LogP contribution in [-0.2, 0) is 11.3 Å². The van der Waals surface area contributed by atoms with E-state index in [1.165, 1.54) is 4.90 Å². The van der Waals surface area contributed by atoms with Crippen LogP contribution in [-0.4, -0.2) is 12.4 Å². The topological polar surface area (TPSA) is 9.23 Å². The number of rotatable bonds is 6. The third-order valence-corrected chi connectivity index (χ3v) is 3.65. The highest BCUT2D eigenvalue weighted by Gasteiger charge is 1.95. The van der Waals surface area contributed by atoms with Crippen LogP contribution in [0, 0.1) is 0 Å². The Balaban J connectivity index is 1.63. The summed E-state index contributed by atoms with van der Waals surface area (Å²) in [5.74, 6) is 0.970. The lowest BCUT2D eigenvalue weighted by molar-refractivity contribution is 0.136. The minimum atomic E-state index is 0.645. The lowest BCUT2D eigenvalue weighted by atomic mass is 10.2. The van der Waals surface area contributed by atoms with E-state index in [9.17, 15) is 0 Å². The largest absolute Gasteiger partial charge is 0.376 e. The van der Waals surface area contributed by atoms with Crippen molar-refractivity contribution in [1.82, 2.24) is 0 Å². The lowest BCUT2D eigenvalue weighted by Gasteiger charge is -2.04. The normalized spacial score (nSPS) is 10.5. The Labute approximate surface area is 117 Å². The summed E-state index contributed by atoms with van der Waals surface area (Å²) >= 11 is 7.63. The third-order valence-electron chi connectivity index (χ3n) is 2.42. The van der Waals surface area contributed by atoms with E-state index in [0.717, 1.165) is 22.9 Å². The van der Waals surface area contributed by atoms with Crippen molar-refractivity contribution in [1.29, 1.82) is 0 Å². The fourth-order valence-corrected chi connectivity index (χ4v) is 2.42. The minimum absolute atomic E-state index is 0.645. The van der Waals surface area contributed by atoms with Gasteiger partial charge in [-0.2, -0.15) is 0 Å². The molecule has 0 fully saturated rings. The summed E-state index contributed by atoms with van der Waals surface area (Å²) in [4.78, 5) is 1.28. The predicted octanol–water partition coefficient (Wildman–Crippen LogP) is 4.65. The number of hydrogen-bond donors (Lipinski definition) is 0. The second-order valence-electron chi connectivity index (χ2n) is 3.84. The maximum atomic E-state index is 5.82. The molecule has 0 amide bonds. The summed E-state index contributed by atoms with van der Waals surface area (Å²) in [6.07, 6.45) is 0. The highest BCUT2D eigenvalue weighted by Crippen LogP contribution is 2.16. The Kier molecular flexibility index (Phi) is 5.59. The number of ether oxygens (including phenoxy) is 1. The molecule has 94 valence electrons. The summed E-state index contributed by atoms with van der Waals surface area (Å²) in [6, 6.07) is 18.1. The summed E-state index contributed by atoms with van der Waals surface area (Å²) in [7, 11) is 0. The first-order valence-corrected chi connectivity index (χ1v) is 7.21. The molecular formula is C15H15ClOS. The van der Waals surface area contributed by atoms with E-state index < -0.39 is 0 Å². The van der Waals surface area contributed by atoms with Crippen LogP contribution in [0.25, 0.3) is 0 Å². The molecule has 0 aromatic heterocycles. The van der Waals surface area contributed by atoms with Crippen molar-refractivity contribution in [3.8, 4) is 0 Å². The molecule has 0 radical (unpaired) electrons. The molecule has 0 aliphatic carbocycles. The van der Waals surface area contributed by atoms with Gasteiger partial charge >= 0.3 is 0 Å². The molecule has 0 saturated heterocycles. The van der Waals surface area contributed by atoms with Crippen LogP contribution in [0.3, 0.4) is 0 Å². The van der Waals surface area contributed by atoms with E-state index in [-0.39, 0.29) is 0 Å². The molecule has 2 aromatic rings. The van der Waals surface area contributed by atoms with Crippen molar-refractivity contribution >= 4 is 23.4 Å². The van der Waals surface area contributed by atoms with Crippen LogP contribution in [0.2, 0.25) is 5.02 Å². The monoisotopic (exact) mass is 278 g/mol. The molecule has 3 heteroatoms. The molecule has 0 atom stereocenters. The van der Waals surface area contributed by atoms with Crippen LogP contribution in [0.5, 0.6) is 0 Å². The van der Waals surface area contributed by atoms with Crippen molar-refractivity contribution in [2.75, 3.05) is 12.4 Å². The first-order chi connectivity index (χ1) is 8.84. The minimum Gasteiger partial charge on any atom is -0.376 e. The molecule has 18 heavy (non-hydrogen) atoms. The van der Waals surface area contributed by atoms with Crippen molar-refractivity contribution in [3.63, 3.8) is 0 Å². The molecule has 1 nitrogen and oxygen atoms in total. The van der Waals surface area contributed by atoms with Gasteiger partial charge in [-0.25, -0.2) is 0 Å². The summed E-state index contributed by atoms with van der Waals surface area (Å²) in [6.45, 7) is 1.40. The van der Waals surface area contributed by atoms with Gasteiger partial charge in [0.05, 0.1) is 13.2 Å². The molecular weight excluding hydrogens is 264 g/mol. The van der Waals surface area contributed by atoms with Crippen LogP contribution >= 0.6 is 23.4 Å². The molecule has 0 aliphatic heterocycles. The van der Waals surface area contributed by atoms with Gasteiger partial charge in [0.25, 0.3) is 0 Å². The lowest BCUT2D eigenvalue weighted by Crippen LogP contribution is -1.97. The average molecular weight is 279 g/mol. The standard InChI is InChI=1S/C15H15ClOS/c16-14-8-6-13(7-9-14)12-17-10-11-18-15-4-2-1-3-5-15/h1-9H,10-12H2. The highest BCUT2D eigenvalue weighted by atomic mass is 35.5. The van der Waals surface area contributed by atoms with Crippen molar-refractivity contribution in [3.05, 3.63) is 65.2 Å². The van der Waals surface area contributed by atoms with Crippen molar-refractivity contribution in [2.24, 2.45) is 0 Å². The van der Waals surface area contributed by atoms with Crippen LogP contribution in [0.1, 0.15) is 5.56 Å². The summed E-state index contributed by atoms with van der Waals surface area (Å²) in [5.41, 5.74) is 1.16. The van der Waals surface area contributed by atoms with Gasteiger partial charge in [-0.1, -0.05) is 41.9 Å². The second kappa shape index (κ2) is 7.47. The Morgan fingerprint density at radius 3 is 2.39 bits per heavy atom. The maximum absolute atomic E-state index is 5.82. The highest BCUT2D eigenvalue weighted by molar-refractivity contribution is 7.99. The van der Waals surface area contributed by atoms with E-state index in [1.54, 1.807) is 0 Å². The van der Waals surface area contributed by atoms with E-state index in [4.69, 9.17) is 16.3 Å². The van der Waals surface area contributed by atoms with Gasteiger partial charge < -0.3 is 4.74 Å². The molecule has 2 aromatic carbocycles. The second-order valence-corrected chi connectivity index (χ2v) is 5.45. The van der Waals surface area contributed by atoms with Gasteiger partial charge in [0.2, 0.25) is 0 Å². The number of thioether (sulfide) groups is 1. The van der Waals surface area contributed by atoms with E-state index in [2.05, 4.69) is 24.3 Å². The zero-order chi connectivity index (χ0) is 12.6. The van der Waals surface area contributed by atoms with Gasteiger partial charge in [0.1, 0.15) is 0 Å². The first-order valence-electron chi connectivity index (χ1n) is 5.84. The molecule has 2 rings (SSSR count). The van der Waals surface area contributed by atoms with E-state index in [0.29, 0.717) is 6.61 Å². The van der Waals surface area contributed by atoms with Crippen LogP contribution in [0.15, 0.2) is 59.5 Å². The van der Waals surface area contributed by atoms with Gasteiger partial charge in [0, 0.05) is 15.7 Å². The third kappa shape index (κ3) is 4.73. The SMILES string of the molecule is Clc1ccc(COCCSc2ccccc2)cc1. The average Bonchev–Trinajstić information content (AvgIpc) is 2.42.